The highest BCUT2D eigenvalue weighted by Gasteiger charge is 2.09. The van der Waals surface area contributed by atoms with E-state index in [0.717, 1.165) is 29.9 Å². The van der Waals surface area contributed by atoms with Crippen molar-refractivity contribution in [2.24, 2.45) is 0 Å². The Kier molecular flexibility index (Phi) is 5.64. The van der Waals surface area contributed by atoms with Crippen LogP contribution in [0.2, 0.25) is 0 Å². The van der Waals surface area contributed by atoms with Gasteiger partial charge in [0, 0.05) is 24.1 Å². The lowest BCUT2D eigenvalue weighted by molar-refractivity contribution is 0.102. The van der Waals surface area contributed by atoms with E-state index in [4.69, 9.17) is 0 Å². The van der Waals surface area contributed by atoms with Crippen LogP contribution in [-0.4, -0.2) is 17.4 Å². The highest BCUT2D eigenvalue weighted by Crippen LogP contribution is 2.16. The van der Waals surface area contributed by atoms with Crippen LogP contribution in [0.25, 0.3) is 0 Å². The van der Waals surface area contributed by atoms with Gasteiger partial charge in [0.2, 0.25) is 0 Å². The van der Waals surface area contributed by atoms with Crippen LogP contribution in [0.4, 0.5) is 11.4 Å². The molecule has 2 N–H and O–H groups in total. The number of nitrogens with one attached hydrogen (secondary N) is 2. The maximum atomic E-state index is 12.5. The number of pyridine rings is 1. The number of benzene rings is 2. The second-order valence-corrected chi connectivity index (χ2v) is 6.35. The Labute approximate surface area is 154 Å². The lowest BCUT2D eigenvalue weighted by Gasteiger charge is -2.10. The predicted molar refractivity (Wildman–Crippen MR) is 107 cm³/mol. The van der Waals surface area contributed by atoms with Gasteiger partial charge >= 0.3 is 0 Å². The molecule has 0 fully saturated rings. The van der Waals surface area contributed by atoms with Gasteiger partial charge < -0.3 is 10.6 Å². The minimum atomic E-state index is -0.208. The van der Waals surface area contributed by atoms with Gasteiger partial charge in [-0.15, -0.1) is 0 Å². The van der Waals surface area contributed by atoms with Crippen LogP contribution in [-0.2, 0) is 6.42 Å². The molecule has 0 atom stereocenters. The summed E-state index contributed by atoms with van der Waals surface area (Å²) in [6.45, 7) is 4.87. The number of anilines is 2. The van der Waals surface area contributed by atoms with E-state index in [9.17, 15) is 4.79 Å². The van der Waals surface area contributed by atoms with Crippen molar-refractivity contribution in [2.45, 2.75) is 20.3 Å². The number of amides is 1. The Morgan fingerprint density at radius 1 is 0.923 bits per heavy atom. The van der Waals surface area contributed by atoms with Gasteiger partial charge in [-0.1, -0.05) is 36.4 Å². The van der Waals surface area contributed by atoms with Crippen LogP contribution < -0.4 is 10.6 Å². The Morgan fingerprint density at radius 2 is 1.73 bits per heavy atom. The summed E-state index contributed by atoms with van der Waals surface area (Å²) in [6.07, 6.45) is 2.58. The molecule has 26 heavy (non-hydrogen) atoms. The third-order valence-corrected chi connectivity index (χ3v) is 4.34. The fourth-order valence-electron chi connectivity index (χ4n) is 2.67. The Morgan fingerprint density at radius 3 is 2.50 bits per heavy atom. The molecule has 0 saturated heterocycles. The van der Waals surface area contributed by atoms with Gasteiger partial charge in [0.05, 0.1) is 0 Å². The van der Waals surface area contributed by atoms with E-state index in [-0.39, 0.29) is 5.91 Å². The summed E-state index contributed by atoms with van der Waals surface area (Å²) in [5.41, 5.74) is 5.69. The van der Waals surface area contributed by atoms with Crippen LogP contribution in [0.15, 0.2) is 66.9 Å². The Balaban J connectivity index is 1.60. The lowest BCUT2D eigenvalue weighted by Crippen LogP contribution is -2.14. The van der Waals surface area contributed by atoms with Gasteiger partial charge in [-0.2, -0.15) is 0 Å². The number of hydrogen-bond donors (Lipinski definition) is 2. The number of aryl methyl sites for hydroxylation is 2. The van der Waals surface area contributed by atoms with Gasteiger partial charge in [-0.3, -0.25) is 9.78 Å². The summed E-state index contributed by atoms with van der Waals surface area (Å²) in [4.78, 5) is 16.6. The molecule has 4 heteroatoms. The molecule has 0 aliphatic rings. The molecular weight excluding hydrogens is 322 g/mol. The molecule has 3 rings (SSSR count). The molecular formula is C22H23N3O. The number of hydrogen-bond acceptors (Lipinski definition) is 3. The van der Waals surface area contributed by atoms with E-state index >= 15 is 0 Å². The summed E-state index contributed by atoms with van der Waals surface area (Å²) in [5, 5.41) is 6.26. The normalized spacial score (nSPS) is 10.4. The average Bonchev–Trinajstić information content (AvgIpc) is 2.66. The fraction of sp³-hybridized carbons (Fsp3) is 0.182. The zero-order valence-electron chi connectivity index (χ0n) is 15.1. The fourth-order valence-corrected chi connectivity index (χ4v) is 2.67. The van der Waals surface area contributed by atoms with Crippen LogP contribution in [0.3, 0.4) is 0 Å². The first-order valence-electron chi connectivity index (χ1n) is 8.74. The smallest absolute Gasteiger partial charge is 0.274 e. The largest absolute Gasteiger partial charge is 0.385 e. The van der Waals surface area contributed by atoms with E-state index in [1.807, 2.05) is 56.3 Å². The first-order valence-corrected chi connectivity index (χ1v) is 8.74. The van der Waals surface area contributed by atoms with E-state index in [1.165, 1.54) is 11.1 Å². The zero-order valence-corrected chi connectivity index (χ0v) is 15.1. The minimum absolute atomic E-state index is 0.208. The predicted octanol–water partition coefficient (Wildman–Crippen LogP) is 4.61. The van der Waals surface area contributed by atoms with Crippen molar-refractivity contribution in [1.29, 1.82) is 0 Å². The van der Waals surface area contributed by atoms with Gasteiger partial charge in [-0.25, -0.2) is 0 Å². The molecule has 0 bridgehead atoms. The van der Waals surface area contributed by atoms with Crippen LogP contribution in [0.1, 0.15) is 27.2 Å². The number of aromatic nitrogens is 1. The molecule has 1 amide bonds. The standard InChI is InChI=1S/C22H23N3O/c1-16-8-9-20(14-17(16)2)25-22(26)21-15-19(11-13-24-21)23-12-10-18-6-4-3-5-7-18/h3-9,11,13-15H,10,12H2,1-2H3,(H,23,24)(H,25,26). The van der Waals surface area contributed by atoms with E-state index in [0.29, 0.717) is 5.69 Å². The third kappa shape index (κ3) is 4.70. The van der Waals surface area contributed by atoms with Crippen molar-refractivity contribution in [1.82, 2.24) is 4.98 Å². The van der Waals surface area contributed by atoms with Crippen molar-refractivity contribution >= 4 is 17.3 Å². The Hall–Kier alpha value is -3.14. The molecule has 0 radical (unpaired) electrons. The second kappa shape index (κ2) is 8.30. The van der Waals surface area contributed by atoms with Gasteiger partial charge in [0.25, 0.3) is 5.91 Å². The molecule has 132 valence electrons. The molecule has 2 aromatic carbocycles. The SMILES string of the molecule is Cc1ccc(NC(=O)c2cc(NCCc3ccccc3)ccn2)cc1C. The van der Waals surface area contributed by atoms with Crippen molar-refractivity contribution in [3.63, 3.8) is 0 Å². The van der Waals surface area contributed by atoms with Crippen LogP contribution in [0.5, 0.6) is 0 Å². The second-order valence-electron chi connectivity index (χ2n) is 6.35. The molecule has 1 aromatic heterocycles. The summed E-state index contributed by atoms with van der Waals surface area (Å²) < 4.78 is 0. The van der Waals surface area contributed by atoms with Crippen molar-refractivity contribution < 1.29 is 4.79 Å². The Bertz CT molecular complexity index is 891. The van der Waals surface area contributed by atoms with E-state index < -0.39 is 0 Å². The molecule has 1 heterocycles. The van der Waals surface area contributed by atoms with Gasteiger partial charge in [-0.05, 0) is 61.2 Å². The quantitative estimate of drug-likeness (QED) is 0.686. The summed E-state index contributed by atoms with van der Waals surface area (Å²) >= 11 is 0. The molecule has 0 spiro atoms. The average molecular weight is 345 g/mol. The summed E-state index contributed by atoms with van der Waals surface area (Å²) in [7, 11) is 0. The topological polar surface area (TPSA) is 54.0 Å². The van der Waals surface area contributed by atoms with Crippen molar-refractivity contribution in [2.75, 3.05) is 17.2 Å². The monoisotopic (exact) mass is 345 g/mol. The lowest BCUT2D eigenvalue weighted by atomic mass is 10.1. The molecule has 0 aliphatic heterocycles. The highest BCUT2D eigenvalue weighted by molar-refractivity contribution is 6.03. The maximum absolute atomic E-state index is 12.5. The van der Waals surface area contributed by atoms with Crippen LogP contribution >= 0.6 is 0 Å². The molecule has 3 aromatic rings. The molecule has 0 unspecified atom stereocenters. The molecule has 4 nitrogen and oxygen atoms in total. The van der Waals surface area contributed by atoms with Gasteiger partial charge in [0.1, 0.15) is 5.69 Å². The summed E-state index contributed by atoms with van der Waals surface area (Å²) in [5.74, 6) is -0.208. The third-order valence-electron chi connectivity index (χ3n) is 4.34. The molecule has 0 aliphatic carbocycles. The zero-order chi connectivity index (χ0) is 18.4. The van der Waals surface area contributed by atoms with Gasteiger partial charge in [0.15, 0.2) is 0 Å². The first-order chi connectivity index (χ1) is 12.6. The number of rotatable bonds is 6. The molecule has 0 saturated carbocycles. The number of carbonyl (C=O) groups excluding carboxylic acids is 1. The van der Waals surface area contributed by atoms with Crippen molar-refractivity contribution in [3.8, 4) is 0 Å². The van der Waals surface area contributed by atoms with Crippen molar-refractivity contribution in [3.05, 3.63) is 89.2 Å². The first kappa shape index (κ1) is 17.7. The maximum Gasteiger partial charge on any atom is 0.274 e. The van der Waals surface area contributed by atoms with E-state index in [1.54, 1.807) is 12.3 Å². The summed E-state index contributed by atoms with van der Waals surface area (Å²) in [6, 6.07) is 19.8. The minimum Gasteiger partial charge on any atom is -0.385 e. The van der Waals surface area contributed by atoms with Crippen LogP contribution in [0, 0.1) is 13.8 Å². The number of carbonyl (C=O) groups is 1. The van der Waals surface area contributed by atoms with E-state index in [2.05, 4.69) is 27.8 Å². The highest BCUT2D eigenvalue weighted by atomic mass is 16.1. The number of nitrogens with zero attached hydrogens (tertiary/aromatic N) is 1.